The third-order valence-corrected chi connectivity index (χ3v) is 5.00. The normalized spacial score (nSPS) is 24.2. The molecule has 128 valence electrons. The van der Waals surface area contributed by atoms with Crippen LogP contribution in [0, 0.1) is 11.3 Å². The number of carbonyl (C=O) groups is 1. The van der Waals surface area contributed by atoms with Gasteiger partial charge in [-0.25, -0.2) is 4.98 Å². The van der Waals surface area contributed by atoms with Crippen LogP contribution < -0.4 is 4.90 Å². The van der Waals surface area contributed by atoms with Crippen molar-refractivity contribution in [1.29, 1.82) is 5.26 Å². The molecule has 4 rings (SSSR count). The molecular weight excluding hydrogens is 308 g/mol. The van der Waals surface area contributed by atoms with Gasteiger partial charge in [0.05, 0.1) is 12.5 Å². The lowest BCUT2D eigenvalue weighted by Crippen LogP contribution is -2.49. The van der Waals surface area contributed by atoms with Gasteiger partial charge in [0.2, 0.25) is 23.4 Å². The number of oxazole rings is 1. The summed E-state index contributed by atoms with van der Waals surface area (Å²) in [5.41, 5.74) is 0.371. The first-order valence-corrected chi connectivity index (χ1v) is 8.79. The Balaban J connectivity index is 1.35. The Hall–Kier alpha value is -2.07. The molecule has 1 saturated carbocycles. The summed E-state index contributed by atoms with van der Waals surface area (Å²) < 4.78 is 11.4. The van der Waals surface area contributed by atoms with Crippen LogP contribution in [0.3, 0.4) is 0 Å². The van der Waals surface area contributed by atoms with Crippen molar-refractivity contribution in [3.8, 4) is 6.07 Å². The number of hydrogen-bond acceptors (Lipinski definition) is 6. The van der Waals surface area contributed by atoms with Gasteiger partial charge in [-0.05, 0) is 25.7 Å². The lowest BCUT2D eigenvalue weighted by molar-refractivity contribution is -0.133. The topological polar surface area (TPSA) is 82.6 Å². The van der Waals surface area contributed by atoms with Crippen LogP contribution >= 0.6 is 0 Å². The van der Waals surface area contributed by atoms with Crippen molar-refractivity contribution < 1.29 is 13.9 Å². The maximum absolute atomic E-state index is 12.4. The standard InChI is InChI=1S/C17H22N4O3/c18-11-14-17(24-16(19-14)12-3-4-12)21-7-5-20(6-8-21)15(22)10-13-2-1-9-23-13/h12-13H,1-10H2/t13-/m0/s1. The van der Waals surface area contributed by atoms with Crippen LogP contribution in [-0.4, -0.2) is 54.7 Å². The lowest BCUT2D eigenvalue weighted by atomic mass is 10.1. The molecule has 1 aromatic heterocycles. The van der Waals surface area contributed by atoms with E-state index in [0.29, 0.717) is 56.0 Å². The molecule has 7 heteroatoms. The number of nitriles is 1. The number of piperazine rings is 1. The Kier molecular flexibility index (Phi) is 4.15. The zero-order chi connectivity index (χ0) is 16.5. The SMILES string of the molecule is N#Cc1nc(C2CC2)oc1N1CCN(C(=O)C[C@@H]2CCCO2)CC1. The van der Waals surface area contributed by atoms with E-state index in [-0.39, 0.29) is 12.0 Å². The van der Waals surface area contributed by atoms with Crippen molar-refractivity contribution >= 4 is 11.8 Å². The van der Waals surface area contributed by atoms with Gasteiger partial charge in [-0.3, -0.25) is 4.79 Å². The Morgan fingerprint density at radius 1 is 1.25 bits per heavy atom. The van der Waals surface area contributed by atoms with E-state index in [9.17, 15) is 10.1 Å². The number of anilines is 1. The van der Waals surface area contributed by atoms with Crippen LogP contribution in [-0.2, 0) is 9.53 Å². The average Bonchev–Trinajstić information content (AvgIpc) is 3.17. The fraction of sp³-hybridized carbons (Fsp3) is 0.706. The molecule has 3 fully saturated rings. The van der Waals surface area contributed by atoms with E-state index in [0.717, 1.165) is 32.3 Å². The fourth-order valence-corrected chi connectivity index (χ4v) is 3.41. The summed E-state index contributed by atoms with van der Waals surface area (Å²) >= 11 is 0. The van der Waals surface area contributed by atoms with Gasteiger partial charge in [-0.2, -0.15) is 5.26 Å². The monoisotopic (exact) mass is 330 g/mol. The quantitative estimate of drug-likeness (QED) is 0.835. The van der Waals surface area contributed by atoms with Crippen LogP contribution in [0.25, 0.3) is 0 Å². The van der Waals surface area contributed by atoms with Crippen LogP contribution in [0.5, 0.6) is 0 Å². The minimum absolute atomic E-state index is 0.0936. The number of carbonyl (C=O) groups excluding carboxylic acids is 1. The molecule has 2 aliphatic heterocycles. The maximum atomic E-state index is 12.4. The summed E-state index contributed by atoms with van der Waals surface area (Å²) in [6, 6.07) is 2.13. The molecule has 1 aliphatic carbocycles. The molecule has 0 aromatic carbocycles. The minimum Gasteiger partial charge on any atom is -0.423 e. The van der Waals surface area contributed by atoms with E-state index in [1.165, 1.54) is 0 Å². The average molecular weight is 330 g/mol. The van der Waals surface area contributed by atoms with E-state index in [2.05, 4.69) is 11.1 Å². The second-order valence-electron chi connectivity index (χ2n) is 6.80. The van der Waals surface area contributed by atoms with E-state index < -0.39 is 0 Å². The molecule has 3 aliphatic rings. The smallest absolute Gasteiger partial charge is 0.234 e. The lowest BCUT2D eigenvalue weighted by Gasteiger charge is -2.35. The van der Waals surface area contributed by atoms with Gasteiger partial charge >= 0.3 is 0 Å². The Morgan fingerprint density at radius 3 is 2.67 bits per heavy atom. The maximum Gasteiger partial charge on any atom is 0.234 e. The summed E-state index contributed by atoms with van der Waals surface area (Å²) in [6.07, 6.45) is 4.80. The van der Waals surface area contributed by atoms with E-state index >= 15 is 0 Å². The first-order valence-electron chi connectivity index (χ1n) is 8.79. The Labute approximate surface area is 141 Å². The molecule has 7 nitrogen and oxygen atoms in total. The van der Waals surface area contributed by atoms with Gasteiger partial charge in [-0.15, -0.1) is 0 Å². The van der Waals surface area contributed by atoms with Gasteiger partial charge in [0.1, 0.15) is 6.07 Å². The molecule has 0 N–H and O–H groups in total. The number of ether oxygens (including phenoxy) is 1. The molecule has 0 unspecified atom stereocenters. The largest absolute Gasteiger partial charge is 0.423 e. The number of hydrogen-bond donors (Lipinski definition) is 0. The molecule has 0 bridgehead atoms. The Bertz CT molecular complexity index is 647. The number of aromatic nitrogens is 1. The second kappa shape index (κ2) is 6.44. The number of rotatable bonds is 4. The molecule has 0 spiro atoms. The highest BCUT2D eigenvalue weighted by Crippen LogP contribution is 2.41. The molecular formula is C17H22N4O3. The van der Waals surface area contributed by atoms with Gasteiger partial charge in [0.25, 0.3) is 0 Å². The van der Waals surface area contributed by atoms with Crippen LogP contribution in [0.2, 0.25) is 0 Å². The van der Waals surface area contributed by atoms with E-state index in [1.807, 2.05) is 9.80 Å². The zero-order valence-corrected chi connectivity index (χ0v) is 13.7. The third-order valence-electron chi connectivity index (χ3n) is 5.00. The molecule has 24 heavy (non-hydrogen) atoms. The summed E-state index contributed by atoms with van der Waals surface area (Å²) in [7, 11) is 0. The van der Waals surface area contributed by atoms with Crippen molar-refractivity contribution in [1.82, 2.24) is 9.88 Å². The summed E-state index contributed by atoms with van der Waals surface area (Å²) in [5.74, 6) is 1.82. The van der Waals surface area contributed by atoms with Crippen LogP contribution in [0.4, 0.5) is 5.88 Å². The Morgan fingerprint density at radius 2 is 2.04 bits per heavy atom. The second-order valence-corrected chi connectivity index (χ2v) is 6.80. The fourth-order valence-electron chi connectivity index (χ4n) is 3.41. The van der Waals surface area contributed by atoms with Gasteiger partial charge in [0, 0.05) is 38.7 Å². The van der Waals surface area contributed by atoms with Crippen LogP contribution in [0.15, 0.2) is 4.42 Å². The predicted molar refractivity (Wildman–Crippen MR) is 85.6 cm³/mol. The molecule has 1 aromatic rings. The van der Waals surface area contributed by atoms with E-state index in [1.54, 1.807) is 0 Å². The van der Waals surface area contributed by atoms with Gasteiger partial charge < -0.3 is 19.0 Å². The van der Waals surface area contributed by atoms with Crippen LogP contribution in [0.1, 0.15) is 49.6 Å². The van der Waals surface area contributed by atoms with Crippen molar-refractivity contribution in [3.63, 3.8) is 0 Å². The molecule has 1 atom stereocenters. The number of amides is 1. The highest BCUT2D eigenvalue weighted by atomic mass is 16.5. The molecule has 3 heterocycles. The van der Waals surface area contributed by atoms with E-state index in [4.69, 9.17) is 9.15 Å². The molecule has 1 amide bonds. The first kappa shape index (κ1) is 15.5. The molecule has 0 radical (unpaired) electrons. The molecule has 2 saturated heterocycles. The van der Waals surface area contributed by atoms with Crippen molar-refractivity contribution in [2.24, 2.45) is 0 Å². The summed E-state index contributed by atoms with van der Waals surface area (Å²) in [6.45, 7) is 3.42. The summed E-state index contributed by atoms with van der Waals surface area (Å²) in [4.78, 5) is 20.6. The predicted octanol–water partition coefficient (Wildman–Crippen LogP) is 1.64. The van der Waals surface area contributed by atoms with Gasteiger partial charge in [0.15, 0.2) is 0 Å². The van der Waals surface area contributed by atoms with Crippen molar-refractivity contribution in [2.45, 2.75) is 44.1 Å². The minimum atomic E-state index is 0.0936. The zero-order valence-electron chi connectivity index (χ0n) is 13.7. The third kappa shape index (κ3) is 3.11. The van der Waals surface area contributed by atoms with Crippen molar-refractivity contribution in [2.75, 3.05) is 37.7 Å². The highest BCUT2D eigenvalue weighted by Gasteiger charge is 2.33. The first-order chi connectivity index (χ1) is 11.7. The van der Waals surface area contributed by atoms with Crippen molar-refractivity contribution in [3.05, 3.63) is 11.6 Å². The summed E-state index contributed by atoms with van der Waals surface area (Å²) in [5, 5.41) is 9.29. The highest BCUT2D eigenvalue weighted by molar-refractivity contribution is 5.77. The van der Waals surface area contributed by atoms with Gasteiger partial charge in [-0.1, -0.05) is 0 Å². The number of nitrogens with zero attached hydrogens (tertiary/aromatic N) is 4.